The van der Waals surface area contributed by atoms with Gasteiger partial charge in [0.15, 0.2) is 0 Å². The van der Waals surface area contributed by atoms with E-state index in [9.17, 15) is 4.79 Å². The number of nitrogens with zero attached hydrogens (tertiary/aromatic N) is 1. The van der Waals surface area contributed by atoms with Gasteiger partial charge >= 0.3 is 0 Å². The summed E-state index contributed by atoms with van der Waals surface area (Å²) in [5.74, 6) is 1.38. The molecule has 0 atom stereocenters. The van der Waals surface area contributed by atoms with Gasteiger partial charge in [0.05, 0.1) is 5.56 Å². The van der Waals surface area contributed by atoms with E-state index < -0.39 is 0 Å². The Balaban J connectivity index is 2.05. The standard InChI is InChI=1S/C15H17N3O/c1-2-10-5-7-11(8-6-10)13-17-14-12(15(19)18-13)4-3-9-16-14/h5-8H,2-4,9H2,1H3,(H2,16,17,18,19). The summed E-state index contributed by atoms with van der Waals surface area (Å²) in [5, 5.41) is 3.21. The van der Waals surface area contributed by atoms with Gasteiger partial charge in [-0.25, -0.2) is 4.98 Å². The van der Waals surface area contributed by atoms with E-state index in [0.717, 1.165) is 42.8 Å². The second-order valence-electron chi connectivity index (χ2n) is 4.82. The molecule has 0 fully saturated rings. The highest BCUT2D eigenvalue weighted by Gasteiger charge is 2.15. The molecule has 1 aromatic heterocycles. The maximum absolute atomic E-state index is 12.0. The molecule has 4 nitrogen and oxygen atoms in total. The number of nitrogens with one attached hydrogen (secondary N) is 2. The van der Waals surface area contributed by atoms with Crippen molar-refractivity contribution in [2.24, 2.45) is 0 Å². The van der Waals surface area contributed by atoms with Crippen molar-refractivity contribution >= 4 is 5.82 Å². The molecule has 2 heterocycles. The van der Waals surface area contributed by atoms with Gasteiger partial charge in [0.1, 0.15) is 11.6 Å². The summed E-state index contributed by atoms with van der Waals surface area (Å²) in [6, 6.07) is 8.16. The largest absolute Gasteiger partial charge is 0.370 e. The summed E-state index contributed by atoms with van der Waals surface area (Å²) in [7, 11) is 0. The minimum atomic E-state index is -0.0215. The van der Waals surface area contributed by atoms with Crippen LogP contribution in [0, 0.1) is 0 Å². The summed E-state index contributed by atoms with van der Waals surface area (Å²) in [6.45, 7) is 3.01. The molecule has 0 bridgehead atoms. The molecule has 0 saturated carbocycles. The second kappa shape index (κ2) is 4.88. The number of aromatic nitrogens is 2. The van der Waals surface area contributed by atoms with Crippen molar-refractivity contribution in [3.63, 3.8) is 0 Å². The topological polar surface area (TPSA) is 57.8 Å². The maximum atomic E-state index is 12.0. The number of anilines is 1. The van der Waals surface area contributed by atoms with E-state index in [1.165, 1.54) is 5.56 Å². The van der Waals surface area contributed by atoms with E-state index in [0.29, 0.717) is 5.82 Å². The molecule has 1 aromatic carbocycles. The number of fused-ring (bicyclic) bond motifs is 1. The molecule has 1 aliphatic rings. The third-order valence-electron chi connectivity index (χ3n) is 3.55. The van der Waals surface area contributed by atoms with Crippen molar-refractivity contribution in [2.45, 2.75) is 26.2 Å². The number of benzene rings is 1. The number of hydrogen-bond acceptors (Lipinski definition) is 3. The lowest BCUT2D eigenvalue weighted by molar-refractivity contribution is 0.800. The van der Waals surface area contributed by atoms with Gasteiger partial charge in [-0.2, -0.15) is 0 Å². The molecule has 0 unspecified atom stereocenters. The fraction of sp³-hybridized carbons (Fsp3) is 0.333. The maximum Gasteiger partial charge on any atom is 0.256 e. The van der Waals surface area contributed by atoms with Gasteiger partial charge in [-0.15, -0.1) is 0 Å². The van der Waals surface area contributed by atoms with Crippen molar-refractivity contribution in [2.75, 3.05) is 11.9 Å². The van der Waals surface area contributed by atoms with Crippen LogP contribution in [0.1, 0.15) is 24.5 Å². The van der Waals surface area contributed by atoms with Crippen LogP contribution in [-0.4, -0.2) is 16.5 Å². The molecule has 0 saturated heterocycles. The summed E-state index contributed by atoms with van der Waals surface area (Å²) >= 11 is 0. The molecule has 19 heavy (non-hydrogen) atoms. The molecule has 4 heteroatoms. The third-order valence-corrected chi connectivity index (χ3v) is 3.55. The zero-order valence-electron chi connectivity index (χ0n) is 11.0. The average Bonchev–Trinajstić information content (AvgIpc) is 2.47. The van der Waals surface area contributed by atoms with Gasteiger partial charge in [0.2, 0.25) is 0 Å². The van der Waals surface area contributed by atoms with Crippen LogP contribution in [0.4, 0.5) is 5.82 Å². The van der Waals surface area contributed by atoms with Gasteiger partial charge in [0, 0.05) is 12.1 Å². The monoisotopic (exact) mass is 255 g/mol. The zero-order valence-corrected chi connectivity index (χ0v) is 11.0. The number of rotatable bonds is 2. The minimum Gasteiger partial charge on any atom is -0.370 e. The summed E-state index contributed by atoms with van der Waals surface area (Å²) in [5.41, 5.74) is 2.98. The molecule has 0 spiro atoms. The summed E-state index contributed by atoms with van der Waals surface area (Å²) in [4.78, 5) is 19.5. The zero-order chi connectivity index (χ0) is 13.2. The highest BCUT2D eigenvalue weighted by molar-refractivity contribution is 5.59. The van der Waals surface area contributed by atoms with Crippen molar-refractivity contribution < 1.29 is 0 Å². The Hall–Kier alpha value is -2.10. The van der Waals surface area contributed by atoms with Crippen LogP contribution in [0.3, 0.4) is 0 Å². The van der Waals surface area contributed by atoms with Gasteiger partial charge in [-0.1, -0.05) is 31.2 Å². The van der Waals surface area contributed by atoms with E-state index in [2.05, 4.69) is 34.3 Å². The lowest BCUT2D eigenvalue weighted by atomic mass is 10.1. The first-order valence-corrected chi connectivity index (χ1v) is 6.74. The van der Waals surface area contributed by atoms with Crippen LogP contribution in [0.15, 0.2) is 29.1 Å². The lowest BCUT2D eigenvalue weighted by Crippen LogP contribution is -2.24. The van der Waals surface area contributed by atoms with Gasteiger partial charge in [0.25, 0.3) is 5.56 Å². The third kappa shape index (κ3) is 2.26. The first-order chi connectivity index (χ1) is 9.28. The van der Waals surface area contributed by atoms with Crippen LogP contribution >= 0.6 is 0 Å². The number of aromatic amines is 1. The Morgan fingerprint density at radius 3 is 2.79 bits per heavy atom. The molecular weight excluding hydrogens is 238 g/mol. The van der Waals surface area contributed by atoms with Crippen molar-refractivity contribution in [1.82, 2.24) is 9.97 Å². The quantitative estimate of drug-likeness (QED) is 0.866. The molecule has 2 N–H and O–H groups in total. The van der Waals surface area contributed by atoms with Crippen LogP contribution in [0.5, 0.6) is 0 Å². The minimum absolute atomic E-state index is 0.0215. The van der Waals surface area contributed by atoms with E-state index in [1.807, 2.05) is 12.1 Å². The highest BCUT2D eigenvalue weighted by Crippen LogP contribution is 2.20. The van der Waals surface area contributed by atoms with E-state index >= 15 is 0 Å². The van der Waals surface area contributed by atoms with Gasteiger partial charge in [-0.05, 0) is 24.8 Å². The van der Waals surface area contributed by atoms with Crippen LogP contribution in [-0.2, 0) is 12.8 Å². The Morgan fingerprint density at radius 1 is 1.26 bits per heavy atom. The molecule has 0 aliphatic carbocycles. The number of aryl methyl sites for hydroxylation is 1. The first-order valence-electron chi connectivity index (χ1n) is 6.74. The van der Waals surface area contributed by atoms with Crippen molar-refractivity contribution in [1.29, 1.82) is 0 Å². The fourth-order valence-electron chi connectivity index (χ4n) is 2.38. The van der Waals surface area contributed by atoms with Gasteiger partial charge < -0.3 is 10.3 Å². The molecular formula is C15H17N3O. The lowest BCUT2D eigenvalue weighted by Gasteiger charge is -2.16. The van der Waals surface area contributed by atoms with Crippen molar-refractivity contribution in [3.05, 3.63) is 45.7 Å². The highest BCUT2D eigenvalue weighted by atomic mass is 16.1. The van der Waals surface area contributed by atoms with Gasteiger partial charge in [-0.3, -0.25) is 4.79 Å². The van der Waals surface area contributed by atoms with Crippen LogP contribution in [0.2, 0.25) is 0 Å². The Kier molecular flexibility index (Phi) is 3.07. The Bertz CT molecular complexity index is 643. The normalized spacial score (nSPS) is 13.7. The number of H-pyrrole nitrogens is 1. The fourth-order valence-corrected chi connectivity index (χ4v) is 2.38. The van der Waals surface area contributed by atoms with E-state index in [-0.39, 0.29) is 5.56 Å². The molecule has 0 radical (unpaired) electrons. The van der Waals surface area contributed by atoms with Crippen LogP contribution in [0.25, 0.3) is 11.4 Å². The van der Waals surface area contributed by atoms with E-state index in [4.69, 9.17) is 0 Å². The average molecular weight is 255 g/mol. The molecule has 3 rings (SSSR count). The molecule has 1 aliphatic heterocycles. The summed E-state index contributed by atoms with van der Waals surface area (Å²) in [6.07, 6.45) is 2.80. The molecule has 2 aromatic rings. The van der Waals surface area contributed by atoms with Crippen LogP contribution < -0.4 is 10.9 Å². The van der Waals surface area contributed by atoms with Crippen molar-refractivity contribution in [3.8, 4) is 11.4 Å². The number of hydrogen-bond donors (Lipinski definition) is 2. The first kappa shape index (κ1) is 12.0. The predicted octanol–water partition coefficient (Wildman–Crippen LogP) is 2.36. The second-order valence-corrected chi connectivity index (χ2v) is 4.82. The van der Waals surface area contributed by atoms with E-state index in [1.54, 1.807) is 0 Å². The Labute approximate surface area is 111 Å². The molecule has 98 valence electrons. The predicted molar refractivity (Wildman–Crippen MR) is 76.5 cm³/mol. The smallest absolute Gasteiger partial charge is 0.256 e. The molecule has 0 amide bonds. The SMILES string of the molecule is CCc1ccc(-c2nc3c(c(=O)[nH]2)CCCN3)cc1. The Morgan fingerprint density at radius 2 is 2.05 bits per heavy atom. The summed E-state index contributed by atoms with van der Waals surface area (Å²) < 4.78 is 0.